The van der Waals surface area contributed by atoms with Crippen molar-refractivity contribution in [3.05, 3.63) is 51.9 Å². The van der Waals surface area contributed by atoms with Crippen LogP contribution < -0.4 is 4.72 Å². The first-order valence-corrected chi connectivity index (χ1v) is 10.7. The van der Waals surface area contributed by atoms with Crippen LogP contribution in [0.2, 0.25) is 0 Å². The normalized spacial score (nSPS) is 16.2. The maximum atomic E-state index is 12.5. The maximum absolute atomic E-state index is 12.5. The molecular weight excluding hydrogens is 372 g/mol. The summed E-state index contributed by atoms with van der Waals surface area (Å²) in [6.45, 7) is 5.58. The predicted octanol–water partition coefficient (Wildman–Crippen LogP) is 2.48. The SMILES string of the molecule is Cc1cc(S(=O)(=O)NC[C@@H](C)N2CCc3ccccc3C2)sc1C(=O)O. The number of carbonyl (C=O) groups is 1. The van der Waals surface area contributed by atoms with E-state index in [0.29, 0.717) is 5.56 Å². The largest absolute Gasteiger partial charge is 0.477 e. The number of hydrogen-bond acceptors (Lipinski definition) is 5. The number of thiophene rings is 1. The average molecular weight is 395 g/mol. The van der Waals surface area contributed by atoms with Crippen molar-refractivity contribution >= 4 is 27.3 Å². The Bertz CT molecular complexity index is 921. The van der Waals surface area contributed by atoms with Crippen molar-refractivity contribution in [2.75, 3.05) is 13.1 Å². The van der Waals surface area contributed by atoms with Crippen LogP contribution >= 0.6 is 11.3 Å². The van der Waals surface area contributed by atoms with Crippen LogP contribution in [0.1, 0.15) is 33.3 Å². The highest BCUT2D eigenvalue weighted by atomic mass is 32.2. The van der Waals surface area contributed by atoms with Gasteiger partial charge in [0.1, 0.15) is 9.09 Å². The summed E-state index contributed by atoms with van der Waals surface area (Å²) in [4.78, 5) is 13.4. The summed E-state index contributed by atoms with van der Waals surface area (Å²) in [7, 11) is -3.71. The summed E-state index contributed by atoms with van der Waals surface area (Å²) in [6, 6.07) is 9.77. The molecule has 3 rings (SSSR count). The molecule has 140 valence electrons. The van der Waals surface area contributed by atoms with E-state index in [1.54, 1.807) is 6.92 Å². The van der Waals surface area contributed by atoms with Crippen molar-refractivity contribution in [1.82, 2.24) is 9.62 Å². The molecule has 1 atom stereocenters. The van der Waals surface area contributed by atoms with Gasteiger partial charge in [0.25, 0.3) is 0 Å². The Kier molecular flexibility index (Phi) is 5.47. The number of aryl methyl sites for hydroxylation is 1. The highest BCUT2D eigenvalue weighted by Crippen LogP contribution is 2.26. The van der Waals surface area contributed by atoms with E-state index in [-0.39, 0.29) is 21.7 Å². The van der Waals surface area contributed by atoms with Gasteiger partial charge in [0.05, 0.1) is 0 Å². The molecule has 0 radical (unpaired) electrons. The highest BCUT2D eigenvalue weighted by Gasteiger charge is 2.25. The summed E-state index contributed by atoms with van der Waals surface area (Å²) >= 11 is 0.789. The molecule has 1 aromatic carbocycles. The van der Waals surface area contributed by atoms with E-state index in [4.69, 9.17) is 5.11 Å². The average Bonchev–Trinajstić information content (AvgIpc) is 3.02. The molecule has 0 saturated heterocycles. The van der Waals surface area contributed by atoms with Gasteiger partial charge in [-0.2, -0.15) is 0 Å². The van der Waals surface area contributed by atoms with Gasteiger partial charge in [0.2, 0.25) is 10.0 Å². The molecule has 0 spiro atoms. The predicted molar refractivity (Wildman–Crippen MR) is 101 cm³/mol. The molecule has 0 fully saturated rings. The Balaban J connectivity index is 1.65. The summed E-state index contributed by atoms with van der Waals surface area (Å²) in [5.41, 5.74) is 3.10. The molecule has 0 aliphatic carbocycles. The minimum Gasteiger partial charge on any atom is -0.477 e. The fourth-order valence-corrected chi connectivity index (χ4v) is 5.67. The van der Waals surface area contributed by atoms with Crippen LogP contribution in [-0.2, 0) is 23.0 Å². The lowest BCUT2D eigenvalue weighted by molar-refractivity contribution is 0.0701. The molecule has 2 heterocycles. The lowest BCUT2D eigenvalue weighted by Crippen LogP contribution is -2.44. The first-order chi connectivity index (χ1) is 12.3. The van der Waals surface area contributed by atoms with Crippen molar-refractivity contribution in [3.8, 4) is 0 Å². The van der Waals surface area contributed by atoms with Gasteiger partial charge in [-0.05, 0) is 43.0 Å². The maximum Gasteiger partial charge on any atom is 0.346 e. The van der Waals surface area contributed by atoms with Crippen LogP contribution in [0.5, 0.6) is 0 Å². The van der Waals surface area contributed by atoms with Crippen LogP contribution in [0.3, 0.4) is 0 Å². The molecule has 1 aliphatic rings. The molecule has 0 bridgehead atoms. The molecule has 6 nitrogen and oxygen atoms in total. The molecule has 26 heavy (non-hydrogen) atoms. The minimum absolute atomic E-state index is 0.0399. The fourth-order valence-electron chi connectivity index (χ4n) is 3.12. The topological polar surface area (TPSA) is 86.7 Å². The molecule has 2 aromatic rings. The summed E-state index contributed by atoms with van der Waals surface area (Å²) in [5.74, 6) is -1.10. The molecule has 1 aliphatic heterocycles. The number of benzene rings is 1. The van der Waals surface area contributed by atoms with Crippen molar-refractivity contribution in [2.24, 2.45) is 0 Å². The van der Waals surface area contributed by atoms with Gasteiger partial charge in [-0.1, -0.05) is 24.3 Å². The molecule has 1 aromatic heterocycles. The van der Waals surface area contributed by atoms with E-state index in [1.807, 2.05) is 19.1 Å². The Morgan fingerprint density at radius 3 is 2.69 bits per heavy atom. The number of carboxylic acid groups (broad SMARTS) is 1. The minimum atomic E-state index is -3.71. The Morgan fingerprint density at radius 1 is 1.35 bits per heavy atom. The number of rotatable bonds is 6. The number of aromatic carboxylic acids is 1. The quantitative estimate of drug-likeness (QED) is 0.786. The van der Waals surface area contributed by atoms with Gasteiger partial charge in [-0.15, -0.1) is 11.3 Å². The lowest BCUT2D eigenvalue weighted by atomic mass is 9.99. The summed E-state index contributed by atoms with van der Waals surface area (Å²) in [6.07, 6.45) is 0.958. The zero-order valence-corrected chi connectivity index (χ0v) is 16.4. The summed E-state index contributed by atoms with van der Waals surface area (Å²) < 4.78 is 27.7. The molecule has 0 unspecified atom stereocenters. The number of nitrogens with one attached hydrogen (secondary N) is 1. The van der Waals surface area contributed by atoms with Crippen LogP contribution in [0, 0.1) is 6.92 Å². The molecule has 8 heteroatoms. The van der Waals surface area contributed by atoms with E-state index in [0.717, 1.165) is 30.8 Å². The van der Waals surface area contributed by atoms with Crippen molar-refractivity contribution in [1.29, 1.82) is 0 Å². The van der Waals surface area contributed by atoms with E-state index < -0.39 is 16.0 Å². The van der Waals surface area contributed by atoms with Crippen molar-refractivity contribution in [2.45, 2.75) is 37.1 Å². The van der Waals surface area contributed by atoms with E-state index in [2.05, 4.69) is 21.8 Å². The van der Waals surface area contributed by atoms with Gasteiger partial charge in [0.15, 0.2) is 0 Å². The van der Waals surface area contributed by atoms with Crippen molar-refractivity contribution in [3.63, 3.8) is 0 Å². The second kappa shape index (κ2) is 7.48. The zero-order chi connectivity index (χ0) is 18.9. The van der Waals surface area contributed by atoms with Crippen LogP contribution in [0.4, 0.5) is 0 Å². The Hall–Kier alpha value is -1.74. The van der Waals surface area contributed by atoms with Crippen molar-refractivity contribution < 1.29 is 18.3 Å². The standard InChI is InChI=1S/C18H22N2O4S2/c1-12-9-16(25-17(12)18(21)22)26(23,24)19-10-13(2)20-8-7-14-5-3-4-6-15(14)11-20/h3-6,9,13,19H,7-8,10-11H2,1-2H3,(H,21,22)/t13-/m1/s1. The van der Waals surface area contributed by atoms with E-state index in [9.17, 15) is 13.2 Å². The number of carboxylic acids is 1. The number of sulfonamides is 1. The molecule has 0 saturated carbocycles. The Labute approximate surface area is 157 Å². The molecular formula is C18H22N2O4S2. The van der Waals surface area contributed by atoms with Crippen LogP contribution in [-0.4, -0.2) is 43.5 Å². The third kappa shape index (κ3) is 3.98. The molecule has 0 amide bonds. The van der Waals surface area contributed by atoms with Crippen LogP contribution in [0.25, 0.3) is 0 Å². The second-order valence-corrected chi connectivity index (χ2v) is 9.62. The smallest absolute Gasteiger partial charge is 0.346 e. The first kappa shape index (κ1) is 19.0. The first-order valence-electron chi connectivity index (χ1n) is 8.42. The lowest BCUT2D eigenvalue weighted by Gasteiger charge is -2.33. The van der Waals surface area contributed by atoms with Gasteiger partial charge < -0.3 is 5.11 Å². The van der Waals surface area contributed by atoms with Gasteiger partial charge in [0, 0.05) is 25.7 Å². The van der Waals surface area contributed by atoms with E-state index >= 15 is 0 Å². The van der Waals surface area contributed by atoms with Gasteiger partial charge in [-0.3, -0.25) is 4.90 Å². The summed E-state index contributed by atoms with van der Waals surface area (Å²) in [5, 5.41) is 9.10. The Morgan fingerprint density at radius 2 is 2.04 bits per heavy atom. The third-order valence-corrected chi connectivity index (χ3v) is 7.83. The number of fused-ring (bicyclic) bond motifs is 1. The number of hydrogen-bond donors (Lipinski definition) is 2. The fraction of sp³-hybridized carbons (Fsp3) is 0.389. The van der Waals surface area contributed by atoms with Gasteiger partial charge >= 0.3 is 5.97 Å². The third-order valence-electron chi connectivity index (χ3n) is 4.71. The van der Waals surface area contributed by atoms with E-state index in [1.165, 1.54) is 17.2 Å². The number of nitrogens with zero attached hydrogens (tertiary/aromatic N) is 1. The highest BCUT2D eigenvalue weighted by molar-refractivity contribution is 7.91. The second-order valence-electron chi connectivity index (χ2n) is 6.57. The van der Waals surface area contributed by atoms with Crippen LogP contribution in [0.15, 0.2) is 34.5 Å². The zero-order valence-electron chi connectivity index (χ0n) is 14.7. The monoisotopic (exact) mass is 394 g/mol. The molecule has 2 N–H and O–H groups in total. The van der Waals surface area contributed by atoms with Gasteiger partial charge in [-0.25, -0.2) is 17.9 Å².